The first-order valence-corrected chi connectivity index (χ1v) is 7.93. The SMILES string of the molecule is CCN(C(=O)N1CCCC(C)C1)C1CCCC1CN. The summed E-state index contributed by atoms with van der Waals surface area (Å²) < 4.78 is 0. The molecule has 1 aliphatic carbocycles. The maximum atomic E-state index is 12.7. The number of carbonyl (C=O) groups excluding carboxylic acids is 1. The molecule has 0 spiro atoms. The maximum Gasteiger partial charge on any atom is 0.320 e. The Hall–Kier alpha value is -0.770. The monoisotopic (exact) mass is 267 g/mol. The summed E-state index contributed by atoms with van der Waals surface area (Å²) in [6.45, 7) is 7.72. The van der Waals surface area contributed by atoms with Gasteiger partial charge in [0.25, 0.3) is 0 Å². The van der Waals surface area contributed by atoms with Gasteiger partial charge in [0.2, 0.25) is 0 Å². The third-order valence-electron chi connectivity index (χ3n) is 4.84. The molecule has 0 radical (unpaired) electrons. The molecule has 3 atom stereocenters. The lowest BCUT2D eigenvalue weighted by molar-refractivity contribution is 0.108. The predicted octanol–water partition coefficient (Wildman–Crippen LogP) is 2.29. The van der Waals surface area contributed by atoms with Gasteiger partial charge in [0.15, 0.2) is 0 Å². The van der Waals surface area contributed by atoms with Crippen molar-refractivity contribution in [3.63, 3.8) is 0 Å². The van der Waals surface area contributed by atoms with Crippen LogP contribution in [0.2, 0.25) is 0 Å². The van der Waals surface area contributed by atoms with Gasteiger partial charge in [0.1, 0.15) is 0 Å². The topological polar surface area (TPSA) is 49.6 Å². The third kappa shape index (κ3) is 3.22. The van der Waals surface area contributed by atoms with Crippen molar-refractivity contribution in [2.45, 2.75) is 52.0 Å². The molecule has 4 nitrogen and oxygen atoms in total. The Morgan fingerprint density at radius 3 is 2.74 bits per heavy atom. The fourth-order valence-corrected chi connectivity index (χ4v) is 3.76. The van der Waals surface area contributed by atoms with Crippen LogP contribution in [0.15, 0.2) is 0 Å². The highest BCUT2D eigenvalue weighted by Crippen LogP contribution is 2.30. The van der Waals surface area contributed by atoms with Crippen LogP contribution in [0.1, 0.15) is 46.0 Å². The van der Waals surface area contributed by atoms with Gasteiger partial charge >= 0.3 is 6.03 Å². The van der Waals surface area contributed by atoms with E-state index in [1.54, 1.807) is 0 Å². The summed E-state index contributed by atoms with van der Waals surface area (Å²) >= 11 is 0. The lowest BCUT2D eigenvalue weighted by Crippen LogP contribution is -2.52. The molecule has 1 heterocycles. The first-order valence-electron chi connectivity index (χ1n) is 7.93. The minimum Gasteiger partial charge on any atom is -0.330 e. The van der Waals surface area contributed by atoms with E-state index in [9.17, 15) is 4.79 Å². The molecule has 1 aliphatic heterocycles. The lowest BCUT2D eigenvalue weighted by atomic mass is 10.00. The number of carbonyl (C=O) groups is 1. The summed E-state index contributed by atoms with van der Waals surface area (Å²) in [4.78, 5) is 16.9. The van der Waals surface area contributed by atoms with Crippen LogP contribution >= 0.6 is 0 Å². The molecule has 1 saturated carbocycles. The molecule has 1 saturated heterocycles. The number of urea groups is 1. The van der Waals surface area contributed by atoms with Crippen molar-refractivity contribution in [3.8, 4) is 0 Å². The molecular weight excluding hydrogens is 238 g/mol. The Kier molecular flexibility index (Phi) is 5.08. The fraction of sp³-hybridized carbons (Fsp3) is 0.933. The Balaban J connectivity index is 2.01. The van der Waals surface area contributed by atoms with Crippen LogP contribution in [0, 0.1) is 11.8 Å². The van der Waals surface area contributed by atoms with E-state index >= 15 is 0 Å². The van der Waals surface area contributed by atoms with Crippen LogP contribution < -0.4 is 5.73 Å². The van der Waals surface area contributed by atoms with Crippen molar-refractivity contribution >= 4 is 6.03 Å². The second kappa shape index (κ2) is 6.60. The van der Waals surface area contributed by atoms with E-state index in [4.69, 9.17) is 5.73 Å². The van der Waals surface area contributed by atoms with E-state index in [0.717, 1.165) is 32.5 Å². The van der Waals surface area contributed by atoms with Gasteiger partial charge in [-0.15, -0.1) is 0 Å². The molecule has 3 unspecified atom stereocenters. The molecule has 0 aromatic carbocycles. The van der Waals surface area contributed by atoms with E-state index in [1.807, 2.05) is 0 Å². The van der Waals surface area contributed by atoms with Gasteiger partial charge in [-0.1, -0.05) is 13.3 Å². The van der Waals surface area contributed by atoms with Gasteiger partial charge in [0.05, 0.1) is 0 Å². The van der Waals surface area contributed by atoms with E-state index in [1.165, 1.54) is 19.3 Å². The zero-order valence-electron chi connectivity index (χ0n) is 12.5. The van der Waals surface area contributed by atoms with Crippen molar-refractivity contribution in [2.24, 2.45) is 17.6 Å². The maximum absolute atomic E-state index is 12.7. The summed E-state index contributed by atoms with van der Waals surface area (Å²) in [6, 6.07) is 0.624. The van der Waals surface area contributed by atoms with Crippen molar-refractivity contribution in [2.75, 3.05) is 26.2 Å². The number of likely N-dealkylation sites (tertiary alicyclic amines) is 1. The molecule has 4 heteroatoms. The van der Waals surface area contributed by atoms with E-state index in [-0.39, 0.29) is 6.03 Å². The molecule has 2 amide bonds. The van der Waals surface area contributed by atoms with Crippen molar-refractivity contribution in [3.05, 3.63) is 0 Å². The van der Waals surface area contributed by atoms with Crippen molar-refractivity contribution in [1.29, 1.82) is 0 Å². The number of rotatable bonds is 3. The molecule has 2 aliphatic rings. The Morgan fingerprint density at radius 1 is 1.32 bits per heavy atom. The molecule has 0 bridgehead atoms. The molecule has 19 heavy (non-hydrogen) atoms. The number of nitrogens with two attached hydrogens (primary N) is 1. The van der Waals surface area contributed by atoms with Gasteiger partial charge < -0.3 is 15.5 Å². The van der Waals surface area contributed by atoms with Gasteiger partial charge in [-0.05, 0) is 51.0 Å². The zero-order chi connectivity index (χ0) is 13.8. The average Bonchev–Trinajstić information content (AvgIpc) is 2.88. The number of amides is 2. The summed E-state index contributed by atoms with van der Waals surface area (Å²) in [5.74, 6) is 1.15. The summed E-state index contributed by atoms with van der Waals surface area (Å²) in [7, 11) is 0. The van der Waals surface area contributed by atoms with Crippen LogP contribution in [0.4, 0.5) is 4.79 Å². The highest BCUT2D eigenvalue weighted by molar-refractivity contribution is 5.75. The van der Waals surface area contributed by atoms with E-state index in [0.29, 0.717) is 24.4 Å². The number of hydrogen-bond acceptors (Lipinski definition) is 2. The molecular formula is C15H29N3O. The quantitative estimate of drug-likeness (QED) is 0.853. The summed E-state index contributed by atoms with van der Waals surface area (Å²) in [6.07, 6.45) is 5.93. The Bertz CT molecular complexity index is 308. The highest BCUT2D eigenvalue weighted by atomic mass is 16.2. The molecule has 2 N–H and O–H groups in total. The second-order valence-corrected chi connectivity index (χ2v) is 6.26. The normalized spacial score (nSPS) is 31.5. The summed E-state index contributed by atoms with van der Waals surface area (Å²) in [5, 5.41) is 0. The largest absolute Gasteiger partial charge is 0.330 e. The van der Waals surface area contributed by atoms with Crippen molar-refractivity contribution < 1.29 is 4.79 Å². The molecule has 0 aromatic heterocycles. The molecule has 2 rings (SSSR count). The zero-order valence-corrected chi connectivity index (χ0v) is 12.5. The minimum absolute atomic E-state index is 0.249. The minimum atomic E-state index is 0.249. The van der Waals surface area contributed by atoms with E-state index < -0.39 is 0 Å². The Labute approximate surface area is 117 Å². The molecule has 110 valence electrons. The van der Waals surface area contributed by atoms with Crippen LogP contribution in [0.5, 0.6) is 0 Å². The van der Waals surface area contributed by atoms with Gasteiger partial charge in [-0.25, -0.2) is 4.79 Å². The molecule has 2 fully saturated rings. The van der Waals surface area contributed by atoms with Crippen LogP contribution in [0.3, 0.4) is 0 Å². The van der Waals surface area contributed by atoms with Crippen LogP contribution in [0.25, 0.3) is 0 Å². The summed E-state index contributed by atoms with van der Waals surface area (Å²) in [5.41, 5.74) is 5.87. The van der Waals surface area contributed by atoms with Crippen molar-refractivity contribution in [1.82, 2.24) is 9.80 Å². The molecule has 0 aromatic rings. The smallest absolute Gasteiger partial charge is 0.320 e. The standard InChI is InChI=1S/C15H29N3O/c1-3-18(14-8-4-7-13(14)10-16)15(19)17-9-5-6-12(2)11-17/h12-14H,3-11,16H2,1-2H3. The Morgan fingerprint density at radius 2 is 2.11 bits per heavy atom. The number of hydrogen-bond donors (Lipinski definition) is 1. The van der Waals surface area contributed by atoms with Gasteiger partial charge in [0, 0.05) is 25.7 Å². The predicted molar refractivity (Wildman–Crippen MR) is 77.9 cm³/mol. The fourth-order valence-electron chi connectivity index (χ4n) is 3.76. The van der Waals surface area contributed by atoms with Crippen LogP contribution in [-0.4, -0.2) is 48.1 Å². The van der Waals surface area contributed by atoms with Gasteiger partial charge in [-0.3, -0.25) is 0 Å². The first kappa shape index (κ1) is 14.6. The van der Waals surface area contributed by atoms with Crippen LogP contribution in [-0.2, 0) is 0 Å². The number of nitrogens with zero attached hydrogens (tertiary/aromatic N) is 2. The number of piperidine rings is 1. The van der Waals surface area contributed by atoms with E-state index in [2.05, 4.69) is 23.6 Å². The first-order chi connectivity index (χ1) is 9.17. The van der Waals surface area contributed by atoms with Gasteiger partial charge in [-0.2, -0.15) is 0 Å². The highest BCUT2D eigenvalue weighted by Gasteiger charge is 2.35. The third-order valence-corrected chi connectivity index (χ3v) is 4.84. The lowest BCUT2D eigenvalue weighted by Gasteiger charge is -2.39. The average molecular weight is 267 g/mol. The second-order valence-electron chi connectivity index (χ2n) is 6.26.